The number of nitro groups is 1. The van der Waals surface area contributed by atoms with Gasteiger partial charge in [0.05, 0.1) is 11.0 Å². The van der Waals surface area contributed by atoms with E-state index in [4.69, 9.17) is 23.1 Å². The van der Waals surface area contributed by atoms with Crippen molar-refractivity contribution in [2.75, 3.05) is 12.3 Å². The van der Waals surface area contributed by atoms with Gasteiger partial charge in [0.15, 0.2) is 0 Å². The lowest BCUT2D eigenvalue weighted by Gasteiger charge is -2.17. The maximum atomic E-state index is 10.7. The summed E-state index contributed by atoms with van der Waals surface area (Å²) < 4.78 is 0. The van der Waals surface area contributed by atoms with Gasteiger partial charge in [-0.15, -0.1) is 0 Å². The number of halogens is 1. The lowest BCUT2D eigenvalue weighted by Crippen LogP contribution is -2.27. The molecule has 0 amide bonds. The van der Waals surface area contributed by atoms with Crippen LogP contribution in [0.3, 0.4) is 0 Å². The predicted molar refractivity (Wildman–Crippen MR) is 62.5 cm³/mol. The van der Waals surface area contributed by atoms with E-state index in [1.165, 1.54) is 0 Å². The Morgan fingerprint density at radius 1 is 1.47 bits per heavy atom. The lowest BCUT2D eigenvalue weighted by molar-refractivity contribution is -0.384. The molecule has 0 heterocycles. The second-order valence-corrected chi connectivity index (χ2v) is 3.84. The Hall–Kier alpha value is -1.41. The molecule has 0 fully saturated rings. The van der Waals surface area contributed by atoms with E-state index in [0.717, 1.165) is 12.1 Å². The molecular formula is C9H12ClN3O4. The fourth-order valence-corrected chi connectivity index (χ4v) is 1.60. The standard InChI is InChI=1S/C9H12ClN3O4/c10-5-2-6(12)7(13(16)17)1-4(5)9(15)8(14)3-11/h1-2,8-9,14-15H,3,11-12H2. The number of aliphatic hydroxyl groups excluding tert-OH is 2. The topological polar surface area (TPSA) is 136 Å². The Balaban J connectivity index is 3.24. The van der Waals surface area contributed by atoms with Crippen LogP contribution in [0, 0.1) is 10.1 Å². The zero-order chi connectivity index (χ0) is 13.2. The molecule has 0 aliphatic rings. The molecule has 8 heteroatoms. The summed E-state index contributed by atoms with van der Waals surface area (Å²) in [7, 11) is 0. The van der Waals surface area contributed by atoms with Crippen molar-refractivity contribution in [2.24, 2.45) is 5.73 Å². The largest absolute Gasteiger partial charge is 0.393 e. The Bertz CT molecular complexity index is 440. The molecule has 1 aromatic rings. The van der Waals surface area contributed by atoms with Gasteiger partial charge < -0.3 is 21.7 Å². The molecule has 7 nitrogen and oxygen atoms in total. The molecule has 0 radical (unpaired) electrons. The number of aliphatic hydroxyl groups is 2. The first kappa shape index (κ1) is 13.7. The summed E-state index contributed by atoms with van der Waals surface area (Å²) in [5.74, 6) is 0. The number of nitrogens with zero attached hydrogens (tertiary/aromatic N) is 1. The number of nitrogens with two attached hydrogens (primary N) is 2. The molecule has 1 rings (SSSR count). The molecule has 0 aliphatic heterocycles. The normalized spacial score (nSPS) is 14.4. The van der Waals surface area contributed by atoms with Gasteiger partial charge in [-0.25, -0.2) is 0 Å². The maximum Gasteiger partial charge on any atom is 0.292 e. The number of anilines is 1. The first-order chi connectivity index (χ1) is 7.88. The van der Waals surface area contributed by atoms with Gasteiger partial charge in [0.25, 0.3) is 5.69 Å². The second kappa shape index (κ2) is 5.28. The number of rotatable bonds is 4. The first-order valence-electron chi connectivity index (χ1n) is 4.68. The fraction of sp³-hybridized carbons (Fsp3) is 0.333. The van der Waals surface area contributed by atoms with Gasteiger partial charge in [-0.05, 0) is 6.07 Å². The number of hydrogen-bond donors (Lipinski definition) is 4. The summed E-state index contributed by atoms with van der Waals surface area (Å²) in [6.07, 6.45) is -2.65. The highest BCUT2D eigenvalue weighted by atomic mass is 35.5. The molecule has 0 aliphatic carbocycles. The first-order valence-corrected chi connectivity index (χ1v) is 5.05. The molecule has 2 unspecified atom stereocenters. The Kier molecular flexibility index (Phi) is 4.24. The Labute approximate surface area is 102 Å². The van der Waals surface area contributed by atoms with E-state index in [2.05, 4.69) is 0 Å². The third-order valence-electron chi connectivity index (χ3n) is 2.27. The average Bonchev–Trinajstić information content (AvgIpc) is 2.26. The van der Waals surface area contributed by atoms with Gasteiger partial charge in [0, 0.05) is 23.2 Å². The van der Waals surface area contributed by atoms with Crippen molar-refractivity contribution >= 4 is 23.0 Å². The number of nitrogen functional groups attached to an aromatic ring is 1. The Morgan fingerprint density at radius 2 is 2.06 bits per heavy atom. The van der Waals surface area contributed by atoms with Gasteiger partial charge >= 0.3 is 0 Å². The summed E-state index contributed by atoms with van der Waals surface area (Å²) in [4.78, 5) is 9.96. The minimum Gasteiger partial charge on any atom is -0.393 e. The quantitative estimate of drug-likeness (QED) is 0.347. The highest BCUT2D eigenvalue weighted by Crippen LogP contribution is 2.33. The molecule has 1 aromatic carbocycles. The fourth-order valence-electron chi connectivity index (χ4n) is 1.31. The van der Waals surface area contributed by atoms with Crippen LogP contribution in [0.4, 0.5) is 11.4 Å². The number of hydrogen-bond acceptors (Lipinski definition) is 6. The molecule has 6 N–H and O–H groups in total. The zero-order valence-corrected chi connectivity index (χ0v) is 9.46. The summed E-state index contributed by atoms with van der Waals surface area (Å²) >= 11 is 5.79. The van der Waals surface area contributed by atoms with Crippen molar-refractivity contribution in [3.8, 4) is 0 Å². The van der Waals surface area contributed by atoms with Gasteiger partial charge in [-0.3, -0.25) is 10.1 Å². The smallest absolute Gasteiger partial charge is 0.292 e. The zero-order valence-electron chi connectivity index (χ0n) is 8.71. The molecule has 0 saturated heterocycles. The van der Waals surface area contributed by atoms with Gasteiger partial charge in [-0.1, -0.05) is 11.6 Å². The molecule has 2 atom stereocenters. The van der Waals surface area contributed by atoms with Crippen molar-refractivity contribution in [1.82, 2.24) is 0 Å². The van der Waals surface area contributed by atoms with E-state index in [-0.39, 0.29) is 28.5 Å². The van der Waals surface area contributed by atoms with Crippen LogP contribution in [0.2, 0.25) is 5.02 Å². The second-order valence-electron chi connectivity index (χ2n) is 3.44. The molecular weight excluding hydrogens is 250 g/mol. The van der Waals surface area contributed by atoms with Crippen LogP contribution < -0.4 is 11.5 Å². The van der Waals surface area contributed by atoms with E-state index < -0.39 is 17.1 Å². The van der Waals surface area contributed by atoms with E-state index in [0.29, 0.717) is 0 Å². The highest BCUT2D eigenvalue weighted by Gasteiger charge is 2.24. The summed E-state index contributed by atoms with van der Waals surface area (Å²) in [5.41, 5.74) is 10.1. The summed E-state index contributed by atoms with van der Waals surface area (Å²) in [5, 5.41) is 29.8. The van der Waals surface area contributed by atoms with Crippen LogP contribution in [-0.2, 0) is 0 Å². The van der Waals surface area contributed by atoms with Crippen LogP contribution in [0.5, 0.6) is 0 Å². The van der Waals surface area contributed by atoms with Gasteiger partial charge in [0.2, 0.25) is 0 Å². The molecule has 0 aromatic heterocycles. The number of benzene rings is 1. The maximum absolute atomic E-state index is 10.7. The number of nitro benzene ring substituents is 1. The van der Waals surface area contributed by atoms with Crippen molar-refractivity contribution in [3.63, 3.8) is 0 Å². The van der Waals surface area contributed by atoms with Gasteiger partial charge in [0.1, 0.15) is 11.8 Å². The minimum atomic E-state index is -1.40. The summed E-state index contributed by atoms with van der Waals surface area (Å²) in [6.45, 7) is -0.199. The summed E-state index contributed by atoms with van der Waals surface area (Å²) in [6, 6.07) is 2.18. The third kappa shape index (κ3) is 2.83. The molecule has 0 spiro atoms. The van der Waals surface area contributed by atoms with E-state index >= 15 is 0 Å². The molecule has 0 saturated carbocycles. The Morgan fingerprint density at radius 3 is 2.53 bits per heavy atom. The van der Waals surface area contributed by atoms with E-state index in [1.54, 1.807) is 0 Å². The van der Waals surface area contributed by atoms with Crippen molar-refractivity contribution < 1.29 is 15.1 Å². The third-order valence-corrected chi connectivity index (χ3v) is 2.59. The lowest BCUT2D eigenvalue weighted by atomic mass is 10.0. The van der Waals surface area contributed by atoms with Crippen LogP contribution in [0.15, 0.2) is 12.1 Å². The SMILES string of the molecule is NCC(O)C(O)c1cc([N+](=O)[O-])c(N)cc1Cl. The van der Waals surface area contributed by atoms with Crippen LogP contribution >= 0.6 is 11.6 Å². The average molecular weight is 262 g/mol. The molecule has 17 heavy (non-hydrogen) atoms. The van der Waals surface area contributed by atoms with Gasteiger partial charge in [-0.2, -0.15) is 0 Å². The van der Waals surface area contributed by atoms with E-state index in [9.17, 15) is 20.3 Å². The van der Waals surface area contributed by atoms with Crippen molar-refractivity contribution in [2.45, 2.75) is 12.2 Å². The van der Waals surface area contributed by atoms with Crippen molar-refractivity contribution in [1.29, 1.82) is 0 Å². The van der Waals surface area contributed by atoms with Crippen molar-refractivity contribution in [3.05, 3.63) is 32.8 Å². The van der Waals surface area contributed by atoms with Crippen LogP contribution in [-0.4, -0.2) is 27.8 Å². The highest BCUT2D eigenvalue weighted by molar-refractivity contribution is 6.31. The molecule has 94 valence electrons. The minimum absolute atomic E-state index is 0.0190. The monoisotopic (exact) mass is 261 g/mol. The van der Waals surface area contributed by atoms with Crippen LogP contribution in [0.1, 0.15) is 11.7 Å². The van der Waals surface area contributed by atoms with E-state index in [1.807, 2.05) is 0 Å². The van der Waals surface area contributed by atoms with Crippen LogP contribution in [0.25, 0.3) is 0 Å². The molecule has 0 bridgehead atoms. The predicted octanol–water partition coefficient (Wildman–Crippen LogP) is 0.183.